The molecule has 4 heteroatoms. The van der Waals surface area contributed by atoms with Gasteiger partial charge in [-0.15, -0.1) is 11.3 Å². The highest BCUT2D eigenvalue weighted by Crippen LogP contribution is 2.39. The van der Waals surface area contributed by atoms with Crippen LogP contribution in [-0.2, 0) is 12.8 Å². The minimum absolute atomic E-state index is 0.787. The number of anilines is 1. The first kappa shape index (κ1) is 10.0. The normalized spacial score (nSPS) is 19.8. The van der Waals surface area contributed by atoms with Gasteiger partial charge in [0, 0.05) is 11.9 Å². The highest BCUT2D eigenvalue weighted by atomic mass is 32.1. The van der Waals surface area contributed by atoms with Crippen LogP contribution in [0.2, 0.25) is 0 Å². The molecule has 0 saturated heterocycles. The highest BCUT2D eigenvalue weighted by Gasteiger charge is 2.22. The molecule has 0 amide bonds. The van der Waals surface area contributed by atoms with E-state index in [9.17, 15) is 0 Å². The third kappa shape index (κ3) is 1.40. The van der Waals surface area contributed by atoms with Crippen LogP contribution in [0.3, 0.4) is 0 Å². The quantitative estimate of drug-likeness (QED) is 0.823. The molecule has 1 aliphatic rings. The Bertz CT molecular complexity index is 532. The van der Waals surface area contributed by atoms with Gasteiger partial charge in [-0.2, -0.15) is 0 Å². The molecule has 0 fully saturated rings. The highest BCUT2D eigenvalue weighted by molar-refractivity contribution is 7.19. The van der Waals surface area contributed by atoms with E-state index < -0.39 is 0 Å². The summed E-state index contributed by atoms with van der Waals surface area (Å²) in [6.07, 6.45) is 5.35. The number of nitrogens with one attached hydrogen (secondary N) is 1. The molecular formula is C12H15N3S. The Morgan fingerprint density at radius 1 is 1.44 bits per heavy atom. The Morgan fingerprint density at radius 3 is 3.12 bits per heavy atom. The summed E-state index contributed by atoms with van der Waals surface area (Å²) >= 11 is 1.84. The van der Waals surface area contributed by atoms with Crippen LogP contribution in [0.25, 0.3) is 10.2 Å². The number of hydrogen-bond acceptors (Lipinski definition) is 4. The average Bonchev–Trinajstić information content (AvgIpc) is 2.66. The first-order valence-corrected chi connectivity index (χ1v) is 6.54. The number of fused-ring (bicyclic) bond motifs is 3. The van der Waals surface area contributed by atoms with Crippen molar-refractivity contribution in [2.24, 2.45) is 5.92 Å². The average molecular weight is 233 g/mol. The van der Waals surface area contributed by atoms with E-state index in [1.807, 2.05) is 18.4 Å². The van der Waals surface area contributed by atoms with E-state index in [-0.39, 0.29) is 0 Å². The fraction of sp³-hybridized carbons (Fsp3) is 0.500. The van der Waals surface area contributed by atoms with Crippen molar-refractivity contribution in [2.45, 2.75) is 26.2 Å². The summed E-state index contributed by atoms with van der Waals surface area (Å²) < 4.78 is 0. The van der Waals surface area contributed by atoms with Crippen LogP contribution in [0.1, 0.15) is 23.8 Å². The fourth-order valence-electron chi connectivity index (χ4n) is 2.47. The molecular weight excluding hydrogens is 218 g/mol. The number of aryl methyl sites for hydroxylation is 1. The van der Waals surface area contributed by atoms with Gasteiger partial charge in [0.1, 0.15) is 17.0 Å². The lowest BCUT2D eigenvalue weighted by Gasteiger charge is -2.18. The Labute approximate surface area is 98.9 Å². The zero-order chi connectivity index (χ0) is 11.1. The maximum atomic E-state index is 4.39. The molecule has 1 unspecified atom stereocenters. The van der Waals surface area contributed by atoms with Crippen LogP contribution in [0.15, 0.2) is 6.33 Å². The van der Waals surface area contributed by atoms with Gasteiger partial charge in [-0.1, -0.05) is 6.92 Å². The molecule has 2 aromatic heterocycles. The van der Waals surface area contributed by atoms with Gasteiger partial charge in [0.2, 0.25) is 0 Å². The molecule has 2 aromatic rings. The minimum Gasteiger partial charge on any atom is -0.372 e. The fourth-order valence-corrected chi connectivity index (χ4v) is 3.66. The molecule has 0 bridgehead atoms. The van der Waals surface area contributed by atoms with Gasteiger partial charge in [-0.3, -0.25) is 0 Å². The van der Waals surface area contributed by atoms with Gasteiger partial charge < -0.3 is 5.32 Å². The summed E-state index contributed by atoms with van der Waals surface area (Å²) in [6.45, 7) is 2.33. The summed E-state index contributed by atoms with van der Waals surface area (Å²) in [5, 5.41) is 4.44. The topological polar surface area (TPSA) is 37.8 Å². The summed E-state index contributed by atoms with van der Waals surface area (Å²) in [5.41, 5.74) is 1.49. The largest absolute Gasteiger partial charge is 0.372 e. The lowest BCUT2D eigenvalue weighted by Crippen LogP contribution is -2.09. The summed E-state index contributed by atoms with van der Waals surface area (Å²) in [5.74, 6) is 1.77. The van der Waals surface area contributed by atoms with Gasteiger partial charge in [0.25, 0.3) is 0 Å². The van der Waals surface area contributed by atoms with Crippen LogP contribution in [0, 0.1) is 5.92 Å². The molecule has 1 aliphatic carbocycles. The Kier molecular flexibility index (Phi) is 2.32. The van der Waals surface area contributed by atoms with E-state index in [0.29, 0.717) is 0 Å². The second-order valence-corrected chi connectivity index (χ2v) is 5.59. The van der Waals surface area contributed by atoms with Gasteiger partial charge in [0.05, 0.1) is 5.39 Å². The minimum atomic E-state index is 0.787. The molecule has 0 aliphatic heterocycles. The molecule has 0 aromatic carbocycles. The standard InChI is InChI=1S/C12H15N3S/c1-7-3-4-9-8(5-7)10-11(13-2)14-6-15-12(10)16-9/h6-7H,3-5H2,1-2H3,(H,13,14,15). The van der Waals surface area contributed by atoms with E-state index in [4.69, 9.17) is 0 Å². The van der Waals surface area contributed by atoms with Crippen LogP contribution in [0.5, 0.6) is 0 Å². The van der Waals surface area contributed by atoms with E-state index in [0.717, 1.165) is 16.6 Å². The first-order valence-electron chi connectivity index (χ1n) is 5.72. The zero-order valence-electron chi connectivity index (χ0n) is 9.58. The van der Waals surface area contributed by atoms with Crippen molar-refractivity contribution < 1.29 is 0 Å². The second-order valence-electron chi connectivity index (χ2n) is 4.50. The third-order valence-electron chi connectivity index (χ3n) is 3.32. The lowest BCUT2D eigenvalue weighted by atomic mass is 9.89. The SMILES string of the molecule is CNc1ncnc2sc3c(c12)CC(C)CC3. The van der Waals surface area contributed by atoms with E-state index in [1.54, 1.807) is 6.33 Å². The predicted molar refractivity (Wildman–Crippen MR) is 68.2 cm³/mol. The van der Waals surface area contributed by atoms with Crippen molar-refractivity contribution in [3.63, 3.8) is 0 Å². The van der Waals surface area contributed by atoms with Gasteiger partial charge >= 0.3 is 0 Å². The predicted octanol–water partition coefficient (Wildman–Crippen LogP) is 2.86. The van der Waals surface area contributed by atoms with Gasteiger partial charge in [-0.05, 0) is 30.7 Å². The summed E-state index contributed by atoms with van der Waals surface area (Å²) in [7, 11) is 1.93. The van der Waals surface area contributed by atoms with Crippen molar-refractivity contribution in [2.75, 3.05) is 12.4 Å². The van der Waals surface area contributed by atoms with Crippen molar-refractivity contribution in [1.29, 1.82) is 0 Å². The molecule has 84 valence electrons. The third-order valence-corrected chi connectivity index (χ3v) is 4.52. The van der Waals surface area contributed by atoms with Crippen LogP contribution in [-0.4, -0.2) is 17.0 Å². The molecule has 0 spiro atoms. The second kappa shape index (κ2) is 3.70. The van der Waals surface area contributed by atoms with Crippen molar-refractivity contribution >= 4 is 27.4 Å². The molecule has 1 N–H and O–H groups in total. The van der Waals surface area contributed by atoms with Crippen LogP contribution >= 0.6 is 11.3 Å². The molecule has 1 atom stereocenters. The Hall–Kier alpha value is -1.16. The number of thiophene rings is 1. The van der Waals surface area contributed by atoms with E-state index in [2.05, 4.69) is 22.2 Å². The number of rotatable bonds is 1. The zero-order valence-corrected chi connectivity index (χ0v) is 10.4. The van der Waals surface area contributed by atoms with Crippen LogP contribution in [0.4, 0.5) is 5.82 Å². The van der Waals surface area contributed by atoms with E-state index in [1.165, 1.54) is 35.1 Å². The maximum absolute atomic E-state index is 4.39. The molecule has 0 saturated carbocycles. The Morgan fingerprint density at radius 2 is 2.31 bits per heavy atom. The monoisotopic (exact) mass is 233 g/mol. The van der Waals surface area contributed by atoms with Gasteiger partial charge in [-0.25, -0.2) is 9.97 Å². The number of hydrogen-bond donors (Lipinski definition) is 1. The molecule has 16 heavy (non-hydrogen) atoms. The smallest absolute Gasteiger partial charge is 0.138 e. The number of nitrogens with zero attached hydrogens (tertiary/aromatic N) is 2. The van der Waals surface area contributed by atoms with E-state index >= 15 is 0 Å². The number of aromatic nitrogens is 2. The van der Waals surface area contributed by atoms with Gasteiger partial charge in [0.15, 0.2) is 0 Å². The molecule has 2 heterocycles. The lowest BCUT2D eigenvalue weighted by molar-refractivity contribution is 0.508. The summed E-state index contributed by atoms with van der Waals surface area (Å²) in [6, 6.07) is 0. The molecule has 0 radical (unpaired) electrons. The van der Waals surface area contributed by atoms with Crippen molar-refractivity contribution in [3.8, 4) is 0 Å². The van der Waals surface area contributed by atoms with Crippen molar-refractivity contribution in [1.82, 2.24) is 9.97 Å². The summed E-state index contributed by atoms with van der Waals surface area (Å²) in [4.78, 5) is 11.4. The first-order chi connectivity index (χ1) is 7.79. The van der Waals surface area contributed by atoms with Crippen LogP contribution < -0.4 is 5.32 Å². The molecule has 3 nitrogen and oxygen atoms in total. The maximum Gasteiger partial charge on any atom is 0.138 e. The van der Waals surface area contributed by atoms with Crippen molar-refractivity contribution in [3.05, 3.63) is 16.8 Å². The Balaban J connectivity index is 2.27. The molecule has 3 rings (SSSR count).